The van der Waals surface area contributed by atoms with Crippen molar-refractivity contribution < 1.29 is 9.13 Å². The van der Waals surface area contributed by atoms with Gasteiger partial charge in [0.25, 0.3) is 0 Å². The standard InChI is InChI=1S/C14H20FN3O/c1-19-14-7-13(12(16)6-11(14)15)17-9-4-5-18(8-9)10-2-3-10/h6-7,9-10,17H,2-5,8,16H2,1H3. The molecule has 1 aromatic rings. The van der Waals surface area contributed by atoms with Crippen molar-refractivity contribution in [2.75, 3.05) is 31.2 Å². The zero-order chi connectivity index (χ0) is 13.4. The first kappa shape index (κ1) is 12.5. The Labute approximate surface area is 112 Å². The van der Waals surface area contributed by atoms with Gasteiger partial charge in [-0.3, -0.25) is 4.90 Å². The van der Waals surface area contributed by atoms with Crippen molar-refractivity contribution in [3.8, 4) is 5.75 Å². The molecule has 0 aromatic heterocycles. The smallest absolute Gasteiger partial charge is 0.167 e. The van der Waals surface area contributed by atoms with E-state index in [9.17, 15) is 4.39 Å². The van der Waals surface area contributed by atoms with Gasteiger partial charge in [0.15, 0.2) is 11.6 Å². The molecule has 1 heterocycles. The van der Waals surface area contributed by atoms with Gasteiger partial charge in [-0.2, -0.15) is 0 Å². The van der Waals surface area contributed by atoms with E-state index in [4.69, 9.17) is 10.5 Å². The second-order valence-electron chi connectivity index (χ2n) is 5.43. The van der Waals surface area contributed by atoms with Gasteiger partial charge >= 0.3 is 0 Å². The number of rotatable bonds is 4. The van der Waals surface area contributed by atoms with Crippen LogP contribution in [0.15, 0.2) is 12.1 Å². The Morgan fingerprint density at radius 2 is 2.16 bits per heavy atom. The van der Waals surface area contributed by atoms with Gasteiger partial charge in [0, 0.05) is 37.3 Å². The molecule has 5 heteroatoms. The van der Waals surface area contributed by atoms with Gasteiger partial charge < -0.3 is 15.8 Å². The SMILES string of the molecule is COc1cc(NC2CCN(C3CC3)C2)c(N)cc1F. The molecule has 1 unspecified atom stereocenters. The van der Waals surface area contributed by atoms with E-state index in [2.05, 4.69) is 10.2 Å². The molecule has 1 saturated heterocycles. The molecule has 1 aliphatic carbocycles. The van der Waals surface area contributed by atoms with E-state index in [1.165, 1.54) is 26.0 Å². The van der Waals surface area contributed by atoms with Crippen molar-refractivity contribution in [3.63, 3.8) is 0 Å². The number of methoxy groups -OCH3 is 1. The minimum atomic E-state index is -0.420. The normalized spacial score (nSPS) is 23.6. The number of ether oxygens (including phenoxy) is 1. The second-order valence-corrected chi connectivity index (χ2v) is 5.43. The fourth-order valence-corrected chi connectivity index (χ4v) is 2.75. The molecule has 3 rings (SSSR count). The molecule has 3 N–H and O–H groups in total. The van der Waals surface area contributed by atoms with Crippen LogP contribution in [0, 0.1) is 5.82 Å². The van der Waals surface area contributed by atoms with Crippen LogP contribution in [0.5, 0.6) is 5.75 Å². The summed E-state index contributed by atoms with van der Waals surface area (Å²) in [5, 5.41) is 3.41. The highest BCUT2D eigenvalue weighted by molar-refractivity contribution is 5.69. The Morgan fingerprint density at radius 3 is 2.84 bits per heavy atom. The molecule has 0 spiro atoms. The predicted molar refractivity (Wildman–Crippen MR) is 74.0 cm³/mol. The molecule has 2 aliphatic rings. The number of hydrogen-bond donors (Lipinski definition) is 2. The predicted octanol–water partition coefficient (Wildman–Crippen LogP) is 2.07. The van der Waals surface area contributed by atoms with E-state index in [0.717, 1.165) is 31.2 Å². The number of nitrogens with zero attached hydrogens (tertiary/aromatic N) is 1. The number of anilines is 2. The summed E-state index contributed by atoms with van der Waals surface area (Å²) in [5.74, 6) is -0.190. The van der Waals surface area contributed by atoms with Crippen LogP contribution in [0.25, 0.3) is 0 Å². The summed E-state index contributed by atoms with van der Waals surface area (Å²) < 4.78 is 18.5. The Morgan fingerprint density at radius 1 is 1.37 bits per heavy atom. The maximum Gasteiger partial charge on any atom is 0.167 e. The first-order chi connectivity index (χ1) is 9.17. The van der Waals surface area contributed by atoms with Crippen LogP contribution in [-0.4, -0.2) is 37.2 Å². The van der Waals surface area contributed by atoms with Crippen molar-refractivity contribution in [1.29, 1.82) is 0 Å². The minimum Gasteiger partial charge on any atom is -0.494 e. The lowest BCUT2D eigenvalue weighted by Gasteiger charge is -2.18. The molecule has 0 amide bonds. The van der Waals surface area contributed by atoms with E-state index >= 15 is 0 Å². The van der Waals surface area contributed by atoms with Crippen LogP contribution in [0.4, 0.5) is 15.8 Å². The molecule has 104 valence electrons. The Hall–Kier alpha value is -1.49. The van der Waals surface area contributed by atoms with E-state index in [1.807, 2.05) is 0 Å². The fraction of sp³-hybridized carbons (Fsp3) is 0.571. The third kappa shape index (κ3) is 2.61. The van der Waals surface area contributed by atoms with Gasteiger partial charge in [-0.25, -0.2) is 4.39 Å². The summed E-state index contributed by atoms with van der Waals surface area (Å²) in [5.41, 5.74) is 7.06. The van der Waals surface area contributed by atoms with E-state index in [-0.39, 0.29) is 5.75 Å². The van der Waals surface area contributed by atoms with Crippen LogP contribution in [0.3, 0.4) is 0 Å². The first-order valence-electron chi connectivity index (χ1n) is 6.81. The topological polar surface area (TPSA) is 50.5 Å². The van der Waals surface area contributed by atoms with Gasteiger partial charge in [-0.1, -0.05) is 0 Å². The van der Waals surface area contributed by atoms with E-state index < -0.39 is 5.82 Å². The molecule has 4 nitrogen and oxygen atoms in total. The Bertz CT molecular complexity index is 476. The van der Waals surface area contributed by atoms with Crippen molar-refractivity contribution in [2.45, 2.75) is 31.3 Å². The first-order valence-corrected chi connectivity index (χ1v) is 6.81. The second kappa shape index (κ2) is 4.89. The largest absolute Gasteiger partial charge is 0.494 e. The minimum absolute atomic E-state index is 0.230. The quantitative estimate of drug-likeness (QED) is 0.818. The maximum atomic E-state index is 13.5. The highest BCUT2D eigenvalue weighted by Crippen LogP contribution is 2.32. The van der Waals surface area contributed by atoms with Crippen LogP contribution in [0.1, 0.15) is 19.3 Å². The van der Waals surface area contributed by atoms with E-state index in [0.29, 0.717) is 11.7 Å². The summed E-state index contributed by atoms with van der Waals surface area (Å²) in [4.78, 5) is 2.52. The Balaban J connectivity index is 1.69. The summed E-state index contributed by atoms with van der Waals surface area (Å²) in [6, 6.07) is 4.14. The summed E-state index contributed by atoms with van der Waals surface area (Å²) >= 11 is 0. The molecule has 1 aromatic carbocycles. The average Bonchev–Trinajstić information content (AvgIpc) is 3.13. The monoisotopic (exact) mass is 265 g/mol. The molecule has 1 aliphatic heterocycles. The molecule has 19 heavy (non-hydrogen) atoms. The third-order valence-electron chi connectivity index (χ3n) is 3.97. The van der Waals surface area contributed by atoms with Crippen LogP contribution < -0.4 is 15.8 Å². The number of nitrogens with one attached hydrogen (secondary N) is 1. The zero-order valence-corrected chi connectivity index (χ0v) is 11.2. The number of nitrogens with two attached hydrogens (primary N) is 1. The molecular weight excluding hydrogens is 245 g/mol. The highest BCUT2D eigenvalue weighted by Gasteiger charge is 2.34. The van der Waals surface area contributed by atoms with Crippen molar-refractivity contribution in [2.24, 2.45) is 0 Å². The molecule has 2 fully saturated rings. The molecule has 1 atom stereocenters. The number of hydrogen-bond acceptors (Lipinski definition) is 4. The van der Waals surface area contributed by atoms with Crippen molar-refractivity contribution in [1.82, 2.24) is 4.90 Å². The highest BCUT2D eigenvalue weighted by atomic mass is 19.1. The third-order valence-corrected chi connectivity index (χ3v) is 3.97. The van der Waals surface area contributed by atoms with Gasteiger partial charge in [-0.15, -0.1) is 0 Å². The lowest BCUT2D eigenvalue weighted by atomic mass is 10.2. The Kier molecular flexibility index (Phi) is 3.22. The number of halogens is 1. The zero-order valence-electron chi connectivity index (χ0n) is 11.2. The molecular formula is C14H20FN3O. The molecule has 0 radical (unpaired) electrons. The number of nitrogen functional groups attached to an aromatic ring is 1. The number of likely N-dealkylation sites (tertiary alicyclic amines) is 1. The summed E-state index contributed by atoms with van der Waals surface area (Å²) in [7, 11) is 1.46. The van der Waals surface area contributed by atoms with Crippen LogP contribution in [0.2, 0.25) is 0 Å². The summed E-state index contributed by atoms with van der Waals surface area (Å²) in [6.07, 6.45) is 3.77. The van der Waals surface area contributed by atoms with Crippen molar-refractivity contribution >= 4 is 11.4 Å². The lowest BCUT2D eigenvalue weighted by Crippen LogP contribution is -2.28. The average molecular weight is 265 g/mol. The van der Waals surface area contributed by atoms with E-state index in [1.54, 1.807) is 6.07 Å². The summed E-state index contributed by atoms with van der Waals surface area (Å²) in [6.45, 7) is 2.18. The van der Waals surface area contributed by atoms with Gasteiger partial charge in [-0.05, 0) is 19.3 Å². The molecule has 0 bridgehead atoms. The van der Waals surface area contributed by atoms with Crippen LogP contribution in [-0.2, 0) is 0 Å². The fourth-order valence-electron chi connectivity index (χ4n) is 2.75. The van der Waals surface area contributed by atoms with Crippen molar-refractivity contribution in [3.05, 3.63) is 17.9 Å². The van der Waals surface area contributed by atoms with Crippen LogP contribution >= 0.6 is 0 Å². The van der Waals surface area contributed by atoms with Gasteiger partial charge in [0.05, 0.1) is 18.5 Å². The molecule has 1 saturated carbocycles. The maximum absolute atomic E-state index is 13.5. The lowest BCUT2D eigenvalue weighted by molar-refractivity contribution is 0.326. The van der Waals surface area contributed by atoms with Gasteiger partial charge in [0.1, 0.15) is 0 Å². The number of benzene rings is 1. The van der Waals surface area contributed by atoms with Gasteiger partial charge in [0.2, 0.25) is 0 Å².